The van der Waals surface area contributed by atoms with Gasteiger partial charge in [0.1, 0.15) is 22.8 Å². The third kappa shape index (κ3) is 9.23. The van der Waals surface area contributed by atoms with Crippen molar-refractivity contribution in [1.29, 1.82) is 0 Å². The number of halogens is 2. The lowest BCUT2D eigenvalue weighted by molar-refractivity contribution is 0.157. The van der Waals surface area contributed by atoms with Gasteiger partial charge in [-0.2, -0.15) is 0 Å². The molecule has 0 spiro atoms. The van der Waals surface area contributed by atoms with E-state index in [1.165, 1.54) is 12.1 Å². The SMILES string of the molecule is Cc1cc2ncc(-c3ccc(OC(C)C)c(F)c3)n2cc1-c1ccc(OC(C)CCC(C)Oc2ccc(-c3cnc4ccc(-c5ccc(OC(C)C)cc5)cn34)cc2F)cc1. The predicted molar refractivity (Wildman–Crippen MR) is 238 cm³/mol. The molecule has 0 amide bonds. The number of fused-ring (bicyclic) bond motifs is 2. The Morgan fingerprint density at radius 1 is 0.492 bits per heavy atom. The zero-order valence-corrected chi connectivity index (χ0v) is 35.5. The lowest BCUT2D eigenvalue weighted by Crippen LogP contribution is -2.18. The lowest BCUT2D eigenvalue weighted by atomic mass is 10.0. The Bertz CT molecular complexity index is 2790. The number of aryl methyl sites for hydroxylation is 1. The quantitative estimate of drug-likeness (QED) is 0.103. The van der Waals surface area contributed by atoms with Crippen molar-refractivity contribution in [1.82, 2.24) is 18.8 Å². The number of rotatable bonds is 15. The smallest absolute Gasteiger partial charge is 0.165 e. The number of nitrogens with zero attached hydrogens (tertiary/aromatic N) is 4. The summed E-state index contributed by atoms with van der Waals surface area (Å²) in [4.78, 5) is 9.15. The van der Waals surface area contributed by atoms with Gasteiger partial charge in [0.2, 0.25) is 0 Å². The Balaban J connectivity index is 0.876. The fourth-order valence-electron chi connectivity index (χ4n) is 7.51. The lowest BCUT2D eigenvalue weighted by Gasteiger charge is -2.19. The highest BCUT2D eigenvalue weighted by atomic mass is 19.1. The molecule has 0 N–H and O–H groups in total. The molecule has 2 unspecified atom stereocenters. The minimum atomic E-state index is -0.431. The molecule has 0 aliphatic carbocycles. The standard InChI is InChI=1S/C51H50F2N4O4/c1-31(2)58-41-17-10-36(11-18-41)40-16-23-50-54-27-46(56(50)29-40)38-15-22-49(45(53)26-38)61-35(7)9-8-34(6)60-42-19-12-37(13-20-42)43-30-57-47(28-55-51(57)24-33(43)5)39-14-21-48(44(52)25-39)59-32(3)4/h10-32,34-35H,8-9H2,1-7H3. The molecule has 4 aromatic heterocycles. The van der Waals surface area contributed by atoms with Gasteiger partial charge in [-0.3, -0.25) is 8.80 Å². The van der Waals surface area contributed by atoms with Crippen molar-refractivity contribution in [3.63, 3.8) is 0 Å². The zero-order valence-electron chi connectivity index (χ0n) is 35.5. The third-order valence-corrected chi connectivity index (χ3v) is 10.5. The molecule has 4 heterocycles. The average molecular weight is 821 g/mol. The second-order valence-corrected chi connectivity index (χ2v) is 16.1. The highest BCUT2D eigenvalue weighted by molar-refractivity contribution is 5.73. The largest absolute Gasteiger partial charge is 0.491 e. The van der Waals surface area contributed by atoms with Crippen LogP contribution in [-0.4, -0.2) is 43.2 Å². The summed E-state index contributed by atoms with van der Waals surface area (Å²) in [5, 5.41) is 0. The summed E-state index contributed by atoms with van der Waals surface area (Å²) in [6.07, 6.45) is 8.61. The molecule has 4 aromatic carbocycles. The number of imidazole rings is 2. The van der Waals surface area contributed by atoms with E-state index < -0.39 is 11.6 Å². The minimum absolute atomic E-state index is 0.0974. The topological polar surface area (TPSA) is 71.5 Å². The van der Waals surface area contributed by atoms with E-state index in [0.717, 1.165) is 62.0 Å². The molecule has 0 bridgehead atoms. The molecule has 0 fully saturated rings. The van der Waals surface area contributed by atoms with Gasteiger partial charge in [-0.25, -0.2) is 18.7 Å². The molecule has 61 heavy (non-hydrogen) atoms. The number of ether oxygens (including phenoxy) is 4. The van der Waals surface area contributed by atoms with Crippen molar-refractivity contribution >= 4 is 11.3 Å². The van der Waals surface area contributed by atoms with Gasteiger partial charge in [0, 0.05) is 29.1 Å². The van der Waals surface area contributed by atoms with E-state index in [1.54, 1.807) is 24.5 Å². The van der Waals surface area contributed by atoms with Gasteiger partial charge in [0.25, 0.3) is 0 Å². The first kappa shape index (κ1) is 41.1. The van der Waals surface area contributed by atoms with Gasteiger partial charge in [-0.05, 0) is 162 Å². The van der Waals surface area contributed by atoms with Gasteiger partial charge in [0.05, 0.1) is 48.2 Å². The Morgan fingerprint density at radius 3 is 1.57 bits per heavy atom. The van der Waals surface area contributed by atoms with Crippen LogP contribution in [0.3, 0.4) is 0 Å². The molecule has 0 saturated carbocycles. The van der Waals surface area contributed by atoms with Gasteiger partial charge < -0.3 is 18.9 Å². The molecule has 0 saturated heterocycles. The van der Waals surface area contributed by atoms with E-state index in [4.69, 9.17) is 18.9 Å². The summed E-state index contributed by atoms with van der Waals surface area (Å²) < 4.78 is 58.2. The van der Waals surface area contributed by atoms with Crippen LogP contribution in [0.5, 0.6) is 23.0 Å². The first-order chi connectivity index (χ1) is 29.4. The zero-order chi connectivity index (χ0) is 42.8. The van der Waals surface area contributed by atoms with E-state index in [1.807, 2.05) is 142 Å². The molecule has 10 heteroatoms. The van der Waals surface area contributed by atoms with Crippen LogP contribution in [0.2, 0.25) is 0 Å². The van der Waals surface area contributed by atoms with E-state index in [9.17, 15) is 4.39 Å². The van der Waals surface area contributed by atoms with Crippen molar-refractivity contribution in [2.75, 3.05) is 0 Å². The Hall–Kier alpha value is -6.68. The van der Waals surface area contributed by atoms with Crippen LogP contribution < -0.4 is 18.9 Å². The normalized spacial score (nSPS) is 12.6. The van der Waals surface area contributed by atoms with Gasteiger partial charge in [-0.15, -0.1) is 0 Å². The molecule has 8 nitrogen and oxygen atoms in total. The van der Waals surface area contributed by atoms with Crippen molar-refractivity contribution < 1.29 is 27.7 Å². The first-order valence-corrected chi connectivity index (χ1v) is 20.8. The third-order valence-electron chi connectivity index (χ3n) is 10.5. The molecule has 312 valence electrons. The Labute approximate surface area is 355 Å². The summed E-state index contributed by atoms with van der Waals surface area (Å²) in [5.74, 6) is 1.17. The van der Waals surface area contributed by atoms with Crippen molar-refractivity contribution in [2.24, 2.45) is 0 Å². The molecule has 0 aliphatic rings. The second kappa shape index (κ2) is 17.5. The minimum Gasteiger partial charge on any atom is -0.491 e. The van der Waals surface area contributed by atoms with E-state index >= 15 is 4.39 Å². The van der Waals surface area contributed by atoms with Crippen molar-refractivity contribution in [3.05, 3.63) is 145 Å². The van der Waals surface area contributed by atoms with Gasteiger partial charge in [-0.1, -0.05) is 24.3 Å². The molecule has 0 radical (unpaired) electrons. The number of pyridine rings is 2. The number of aromatic nitrogens is 4. The monoisotopic (exact) mass is 820 g/mol. The summed E-state index contributed by atoms with van der Waals surface area (Å²) >= 11 is 0. The summed E-state index contributed by atoms with van der Waals surface area (Å²) in [6, 6.07) is 32.1. The second-order valence-electron chi connectivity index (χ2n) is 16.1. The molecular formula is C51H50F2N4O4. The summed E-state index contributed by atoms with van der Waals surface area (Å²) in [7, 11) is 0. The van der Waals surface area contributed by atoms with Crippen LogP contribution in [0.1, 0.15) is 59.9 Å². The number of hydrogen-bond donors (Lipinski definition) is 0. The Morgan fingerprint density at radius 2 is 0.984 bits per heavy atom. The van der Waals surface area contributed by atoms with Crippen LogP contribution in [0.15, 0.2) is 128 Å². The first-order valence-electron chi connectivity index (χ1n) is 20.8. The van der Waals surface area contributed by atoms with Crippen molar-refractivity contribution in [3.8, 4) is 67.8 Å². The molecule has 8 aromatic rings. The summed E-state index contributed by atoms with van der Waals surface area (Å²) in [5.41, 5.74) is 9.70. The van der Waals surface area contributed by atoms with E-state index in [2.05, 4.69) is 16.9 Å². The maximum absolute atomic E-state index is 15.5. The number of benzene rings is 4. The fourth-order valence-corrected chi connectivity index (χ4v) is 7.51. The molecular weight excluding hydrogens is 771 g/mol. The fraction of sp³-hybridized carbons (Fsp3) is 0.255. The van der Waals surface area contributed by atoms with Gasteiger partial charge >= 0.3 is 0 Å². The highest BCUT2D eigenvalue weighted by Gasteiger charge is 2.17. The number of hydrogen-bond acceptors (Lipinski definition) is 6. The van der Waals surface area contributed by atoms with Crippen LogP contribution in [0.4, 0.5) is 8.78 Å². The summed E-state index contributed by atoms with van der Waals surface area (Å²) in [6.45, 7) is 13.8. The van der Waals surface area contributed by atoms with Crippen LogP contribution in [0.25, 0.3) is 56.1 Å². The average Bonchev–Trinajstić information content (AvgIpc) is 3.85. The van der Waals surface area contributed by atoms with Crippen LogP contribution in [-0.2, 0) is 0 Å². The van der Waals surface area contributed by atoms with Crippen LogP contribution in [0, 0.1) is 18.6 Å². The maximum atomic E-state index is 15.5. The van der Waals surface area contributed by atoms with Gasteiger partial charge in [0.15, 0.2) is 23.1 Å². The molecule has 2 atom stereocenters. The highest BCUT2D eigenvalue weighted by Crippen LogP contribution is 2.33. The van der Waals surface area contributed by atoms with E-state index in [0.29, 0.717) is 24.0 Å². The van der Waals surface area contributed by atoms with E-state index in [-0.39, 0.29) is 35.9 Å². The van der Waals surface area contributed by atoms with Crippen molar-refractivity contribution in [2.45, 2.75) is 85.7 Å². The van der Waals surface area contributed by atoms with Crippen LogP contribution >= 0.6 is 0 Å². The predicted octanol–water partition coefficient (Wildman–Crippen LogP) is 12.8. The molecule has 8 rings (SSSR count). The molecule has 0 aliphatic heterocycles. The Kier molecular flexibility index (Phi) is 11.8. The maximum Gasteiger partial charge on any atom is 0.165 e.